The molecule has 4 nitrogen and oxygen atoms in total. The third-order valence-corrected chi connectivity index (χ3v) is 4.49. The molecule has 0 unspecified atom stereocenters. The van der Waals surface area contributed by atoms with E-state index >= 15 is 0 Å². The van der Waals surface area contributed by atoms with Crippen LogP contribution in [0.25, 0.3) is 0 Å². The molecule has 0 bridgehead atoms. The fraction of sp³-hybridized carbons (Fsp3) is 0.368. The molecule has 1 amide bonds. The van der Waals surface area contributed by atoms with E-state index in [0.717, 1.165) is 17.8 Å². The molecule has 1 saturated heterocycles. The van der Waals surface area contributed by atoms with Crippen LogP contribution in [0.5, 0.6) is 0 Å². The SMILES string of the molecule is O=C(OCc1ccccc1)N1CCC(c2ccc(C(F)(F)F)cn2)CC1. The number of likely N-dealkylation sites (tertiary alicyclic amines) is 1. The van der Waals surface area contributed by atoms with Crippen molar-refractivity contribution in [3.63, 3.8) is 0 Å². The first kappa shape index (κ1) is 18.2. The Morgan fingerprint density at radius 2 is 1.81 bits per heavy atom. The van der Waals surface area contributed by atoms with Gasteiger partial charge in [0.2, 0.25) is 0 Å². The van der Waals surface area contributed by atoms with Crippen molar-refractivity contribution in [1.29, 1.82) is 0 Å². The second kappa shape index (κ2) is 7.76. The van der Waals surface area contributed by atoms with E-state index in [1.807, 2.05) is 30.3 Å². The Balaban J connectivity index is 1.50. The molecule has 2 aromatic rings. The first-order valence-corrected chi connectivity index (χ1v) is 8.42. The van der Waals surface area contributed by atoms with Crippen LogP contribution in [0.3, 0.4) is 0 Å². The molecule has 0 radical (unpaired) electrons. The van der Waals surface area contributed by atoms with Crippen LogP contribution >= 0.6 is 0 Å². The monoisotopic (exact) mass is 364 g/mol. The number of nitrogens with zero attached hydrogens (tertiary/aromatic N) is 2. The number of halogens is 3. The normalized spacial score (nSPS) is 15.7. The molecule has 0 saturated carbocycles. The van der Waals surface area contributed by atoms with Crippen LogP contribution < -0.4 is 0 Å². The number of rotatable bonds is 3. The largest absolute Gasteiger partial charge is 0.445 e. The molecule has 1 aliphatic rings. The summed E-state index contributed by atoms with van der Waals surface area (Å²) in [6, 6.07) is 11.9. The molecule has 1 aromatic heterocycles. The third-order valence-electron chi connectivity index (χ3n) is 4.49. The summed E-state index contributed by atoms with van der Waals surface area (Å²) in [6.45, 7) is 1.22. The van der Waals surface area contributed by atoms with Gasteiger partial charge in [-0.25, -0.2) is 4.79 Å². The number of carbonyl (C=O) groups excluding carboxylic acids is 1. The summed E-state index contributed by atoms with van der Waals surface area (Å²) in [7, 11) is 0. The van der Waals surface area contributed by atoms with Gasteiger partial charge in [-0.15, -0.1) is 0 Å². The molecular formula is C19H19F3N2O2. The first-order chi connectivity index (χ1) is 12.4. The number of amides is 1. The van der Waals surface area contributed by atoms with Gasteiger partial charge < -0.3 is 9.64 Å². The number of benzene rings is 1. The predicted molar refractivity (Wildman–Crippen MR) is 89.4 cm³/mol. The Morgan fingerprint density at radius 1 is 1.12 bits per heavy atom. The lowest BCUT2D eigenvalue weighted by molar-refractivity contribution is -0.137. The van der Waals surface area contributed by atoms with E-state index in [9.17, 15) is 18.0 Å². The van der Waals surface area contributed by atoms with Crippen LogP contribution in [-0.4, -0.2) is 29.1 Å². The summed E-state index contributed by atoms with van der Waals surface area (Å²) in [6.07, 6.45) is -2.57. The van der Waals surface area contributed by atoms with Crippen molar-refractivity contribution in [2.75, 3.05) is 13.1 Å². The minimum Gasteiger partial charge on any atom is -0.445 e. The fourth-order valence-corrected chi connectivity index (χ4v) is 2.98. The van der Waals surface area contributed by atoms with Crippen molar-refractivity contribution >= 4 is 6.09 Å². The molecule has 0 atom stereocenters. The Bertz CT molecular complexity index is 725. The van der Waals surface area contributed by atoms with E-state index in [-0.39, 0.29) is 18.6 Å². The Hall–Kier alpha value is -2.57. The molecule has 138 valence electrons. The highest BCUT2D eigenvalue weighted by atomic mass is 19.4. The second-order valence-electron chi connectivity index (χ2n) is 6.27. The Labute approximate surface area is 149 Å². The number of ether oxygens (including phenoxy) is 1. The van der Waals surface area contributed by atoms with Gasteiger partial charge in [0.05, 0.1) is 5.56 Å². The van der Waals surface area contributed by atoms with Gasteiger partial charge in [0.15, 0.2) is 0 Å². The quantitative estimate of drug-likeness (QED) is 0.798. The smallest absolute Gasteiger partial charge is 0.417 e. The molecule has 0 aliphatic carbocycles. The summed E-state index contributed by atoms with van der Waals surface area (Å²) in [5, 5.41) is 0. The summed E-state index contributed by atoms with van der Waals surface area (Å²) in [5.41, 5.74) is 0.808. The van der Waals surface area contributed by atoms with E-state index < -0.39 is 11.7 Å². The van der Waals surface area contributed by atoms with Crippen LogP contribution in [0.2, 0.25) is 0 Å². The van der Waals surface area contributed by atoms with Gasteiger partial charge in [0, 0.05) is 30.9 Å². The lowest BCUT2D eigenvalue weighted by Gasteiger charge is -2.31. The van der Waals surface area contributed by atoms with Crippen LogP contribution in [0.15, 0.2) is 48.7 Å². The van der Waals surface area contributed by atoms with Crippen molar-refractivity contribution in [2.24, 2.45) is 0 Å². The topological polar surface area (TPSA) is 42.4 Å². The van der Waals surface area contributed by atoms with Crippen LogP contribution in [0.4, 0.5) is 18.0 Å². The van der Waals surface area contributed by atoms with Crippen LogP contribution in [0, 0.1) is 0 Å². The summed E-state index contributed by atoms with van der Waals surface area (Å²) < 4.78 is 43.1. The molecule has 7 heteroatoms. The van der Waals surface area contributed by atoms with Crippen molar-refractivity contribution in [2.45, 2.75) is 31.5 Å². The minimum absolute atomic E-state index is 0.0513. The van der Waals surface area contributed by atoms with E-state index in [1.54, 1.807) is 4.90 Å². The van der Waals surface area contributed by atoms with Gasteiger partial charge >= 0.3 is 12.3 Å². The highest BCUT2D eigenvalue weighted by Crippen LogP contribution is 2.31. The lowest BCUT2D eigenvalue weighted by atomic mass is 9.93. The molecule has 0 N–H and O–H groups in total. The molecule has 1 aliphatic heterocycles. The van der Waals surface area contributed by atoms with Gasteiger partial charge in [-0.1, -0.05) is 30.3 Å². The number of pyridine rings is 1. The minimum atomic E-state index is -4.38. The van der Waals surface area contributed by atoms with E-state index in [1.165, 1.54) is 6.07 Å². The van der Waals surface area contributed by atoms with Crippen molar-refractivity contribution in [3.8, 4) is 0 Å². The number of alkyl halides is 3. The highest BCUT2D eigenvalue weighted by molar-refractivity contribution is 5.67. The summed E-state index contributed by atoms with van der Waals surface area (Å²) >= 11 is 0. The van der Waals surface area contributed by atoms with Crippen LogP contribution in [-0.2, 0) is 17.5 Å². The zero-order valence-corrected chi connectivity index (χ0v) is 14.1. The van der Waals surface area contributed by atoms with Gasteiger partial charge in [-0.2, -0.15) is 13.2 Å². The van der Waals surface area contributed by atoms with E-state index in [2.05, 4.69) is 4.98 Å². The molecule has 2 heterocycles. The Kier molecular flexibility index (Phi) is 5.44. The number of aromatic nitrogens is 1. The average molecular weight is 364 g/mol. The molecule has 3 rings (SSSR count). The predicted octanol–water partition coefficient (Wildman–Crippen LogP) is 4.62. The molecule has 26 heavy (non-hydrogen) atoms. The average Bonchev–Trinajstić information content (AvgIpc) is 2.66. The maximum absolute atomic E-state index is 12.6. The molecule has 1 aromatic carbocycles. The maximum atomic E-state index is 12.6. The van der Waals surface area contributed by atoms with Gasteiger partial charge in [-0.05, 0) is 30.5 Å². The third kappa shape index (κ3) is 4.53. The zero-order chi connectivity index (χ0) is 18.6. The summed E-state index contributed by atoms with van der Waals surface area (Å²) in [5.74, 6) is 0.0513. The Morgan fingerprint density at radius 3 is 2.38 bits per heavy atom. The fourth-order valence-electron chi connectivity index (χ4n) is 2.98. The van der Waals surface area contributed by atoms with Gasteiger partial charge in [-0.3, -0.25) is 4.98 Å². The number of hydrogen-bond donors (Lipinski definition) is 0. The van der Waals surface area contributed by atoms with E-state index in [0.29, 0.717) is 31.6 Å². The number of carbonyl (C=O) groups is 1. The van der Waals surface area contributed by atoms with E-state index in [4.69, 9.17) is 4.74 Å². The first-order valence-electron chi connectivity index (χ1n) is 8.42. The lowest BCUT2D eigenvalue weighted by Crippen LogP contribution is -2.38. The van der Waals surface area contributed by atoms with Gasteiger partial charge in [0.25, 0.3) is 0 Å². The number of piperidine rings is 1. The molecular weight excluding hydrogens is 345 g/mol. The molecule has 0 spiro atoms. The van der Waals surface area contributed by atoms with Crippen molar-refractivity contribution in [3.05, 3.63) is 65.5 Å². The van der Waals surface area contributed by atoms with Crippen molar-refractivity contribution < 1.29 is 22.7 Å². The van der Waals surface area contributed by atoms with Crippen molar-refractivity contribution in [1.82, 2.24) is 9.88 Å². The highest BCUT2D eigenvalue weighted by Gasteiger charge is 2.31. The summed E-state index contributed by atoms with van der Waals surface area (Å²) in [4.78, 5) is 17.7. The molecule has 1 fully saturated rings. The van der Waals surface area contributed by atoms with Gasteiger partial charge in [0.1, 0.15) is 6.61 Å². The standard InChI is InChI=1S/C19H19F3N2O2/c20-19(21,22)16-6-7-17(23-12-16)15-8-10-24(11-9-15)18(25)26-13-14-4-2-1-3-5-14/h1-7,12,15H,8-11,13H2. The number of hydrogen-bond acceptors (Lipinski definition) is 3. The zero-order valence-electron chi connectivity index (χ0n) is 14.1. The van der Waals surface area contributed by atoms with Crippen LogP contribution in [0.1, 0.15) is 35.6 Å². The second-order valence-corrected chi connectivity index (χ2v) is 6.27. The maximum Gasteiger partial charge on any atom is 0.417 e.